The fourth-order valence-corrected chi connectivity index (χ4v) is 5.12. The Labute approximate surface area is 230 Å². The van der Waals surface area contributed by atoms with Gasteiger partial charge in [0.15, 0.2) is 0 Å². The molecule has 1 amide bonds. The highest BCUT2D eigenvalue weighted by Crippen LogP contribution is 2.33. The molecule has 7 nitrogen and oxygen atoms in total. The van der Waals surface area contributed by atoms with E-state index in [1.54, 1.807) is 14.2 Å². The van der Waals surface area contributed by atoms with Gasteiger partial charge >= 0.3 is 12.1 Å². The summed E-state index contributed by atoms with van der Waals surface area (Å²) in [6.45, 7) is 14.8. The zero-order chi connectivity index (χ0) is 28.5. The van der Waals surface area contributed by atoms with Crippen molar-refractivity contribution in [3.63, 3.8) is 0 Å². The maximum atomic E-state index is 12.8. The highest BCUT2D eigenvalue weighted by atomic mass is 16.6. The second kappa shape index (κ2) is 14.8. The number of benzene rings is 1. The molecule has 1 aliphatic heterocycles. The molecular weight excluding hydrogens is 482 g/mol. The first-order chi connectivity index (χ1) is 17.8. The largest absolute Gasteiger partial charge is 0.496 e. The number of amides is 1. The number of methoxy groups -OCH3 is 2. The molecule has 1 aromatic carbocycles. The summed E-state index contributed by atoms with van der Waals surface area (Å²) in [5, 5.41) is 3.07. The van der Waals surface area contributed by atoms with Crippen LogP contribution in [0.5, 0.6) is 5.75 Å². The van der Waals surface area contributed by atoms with Gasteiger partial charge in [-0.15, -0.1) is 0 Å². The molecule has 0 spiro atoms. The summed E-state index contributed by atoms with van der Waals surface area (Å²) in [5.41, 5.74) is 1.84. The molecule has 1 aromatic rings. The monoisotopic (exact) mass is 533 g/mol. The zero-order valence-corrected chi connectivity index (χ0v) is 25.1. The van der Waals surface area contributed by atoms with E-state index in [1.807, 2.05) is 34.6 Å². The van der Waals surface area contributed by atoms with Crippen LogP contribution in [0.15, 0.2) is 18.2 Å². The molecule has 38 heavy (non-hydrogen) atoms. The number of carbonyl (C=O) groups excluding carboxylic acids is 2. The van der Waals surface area contributed by atoms with Crippen molar-refractivity contribution in [2.75, 3.05) is 20.8 Å². The number of hydrogen-bond acceptors (Lipinski definition) is 6. The van der Waals surface area contributed by atoms with Crippen LogP contribution < -0.4 is 10.1 Å². The average Bonchev–Trinajstić information content (AvgIpc) is 3.21. The lowest BCUT2D eigenvalue weighted by molar-refractivity contribution is -0.146. The Bertz CT molecular complexity index is 891. The van der Waals surface area contributed by atoms with Gasteiger partial charge in [0, 0.05) is 13.7 Å². The maximum absolute atomic E-state index is 12.8. The number of nitrogens with one attached hydrogen (secondary N) is 1. The third-order valence-corrected chi connectivity index (χ3v) is 7.40. The quantitative estimate of drug-likeness (QED) is 0.222. The van der Waals surface area contributed by atoms with Crippen LogP contribution in [-0.4, -0.2) is 50.6 Å². The molecule has 1 aliphatic rings. The van der Waals surface area contributed by atoms with Crippen LogP contribution in [0.25, 0.3) is 0 Å². The molecule has 1 N–H and O–H groups in total. The smallest absolute Gasteiger partial charge is 0.408 e. The number of cyclic esters (lactones) is 1. The van der Waals surface area contributed by atoms with Crippen molar-refractivity contribution < 1.29 is 28.5 Å². The van der Waals surface area contributed by atoms with E-state index in [1.165, 1.54) is 11.1 Å². The minimum absolute atomic E-state index is 0.150. The summed E-state index contributed by atoms with van der Waals surface area (Å²) in [4.78, 5) is 25.4. The highest BCUT2D eigenvalue weighted by molar-refractivity contribution is 5.75. The molecule has 0 aliphatic carbocycles. The van der Waals surface area contributed by atoms with Crippen LogP contribution in [0.4, 0.5) is 4.79 Å². The second-order valence-electron chi connectivity index (χ2n) is 12.4. The molecule has 7 heteroatoms. The van der Waals surface area contributed by atoms with Gasteiger partial charge in [-0.2, -0.15) is 0 Å². The van der Waals surface area contributed by atoms with Crippen molar-refractivity contribution in [2.24, 2.45) is 23.7 Å². The molecule has 0 unspecified atom stereocenters. The Morgan fingerprint density at radius 1 is 1.13 bits per heavy atom. The van der Waals surface area contributed by atoms with Gasteiger partial charge in [-0.1, -0.05) is 39.8 Å². The number of aryl methyl sites for hydroxylation is 1. The van der Waals surface area contributed by atoms with Crippen molar-refractivity contribution >= 4 is 12.1 Å². The predicted octanol–water partition coefficient (Wildman–Crippen LogP) is 6.35. The minimum Gasteiger partial charge on any atom is -0.496 e. The van der Waals surface area contributed by atoms with Crippen LogP contribution in [-0.2, 0) is 31.8 Å². The zero-order valence-electron chi connectivity index (χ0n) is 25.1. The van der Waals surface area contributed by atoms with E-state index in [0.29, 0.717) is 18.8 Å². The van der Waals surface area contributed by atoms with Gasteiger partial charge in [-0.3, -0.25) is 4.79 Å². The van der Waals surface area contributed by atoms with Gasteiger partial charge in [-0.25, -0.2) is 4.79 Å². The molecule has 216 valence electrons. The second-order valence-corrected chi connectivity index (χ2v) is 12.4. The van der Waals surface area contributed by atoms with E-state index >= 15 is 0 Å². The van der Waals surface area contributed by atoms with E-state index in [9.17, 15) is 9.59 Å². The standard InChI is InChI=1S/C31H51NO6/c1-20(2)24(17-22-13-14-27(36-9)23(16-22)12-10-11-15-35-8)18-26(32-30(34)38-31(5,6)7)28-19-25(21(3)4)29(33)37-28/h13-14,16,20-21,24-26,28H,10-12,15,17-19H2,1-9H3,(H,32,34)/t24-,25-,26-,28-/m0/s1. The lowest BCUT2D eigenvalue weighted by Gasteiger charge is -2.31. The van der Waals surface area contributed by atoms with E-state index in [2.05, 4.69) is 37.4 Å². The number of alkyl carbamates (subject to hydrolysis) is 1. The lowest BCUT2D eigenvalue weighted by atomic mass is 9.81. The Kier molecular flexibility index (Phi) is 12.4. The molecule has 2 rings (SSSR count). The van der Waals surface area contributed by atoms with Gasteiger partial charge in [-0.05, 0) is 94.2 Å². The number of carbonyl (C=O) groups is 2. The van der Waals surface area contributed by atoms with Crippen LogP contribution in [0.3, 0.4) is 0 Å². The van der Waals surface area contributed by atoms with Crippen molar-refractivity contribution in [1.82, 2.24) is 5.32 Å². The summed E-state index contributed by atoms with van der Waals surface area (Å²) in [6.07, 6.45) is 4.29. The van der Waals surface area contributed by atoms with Crippen LogP contribution >= 0.6 is 0 Å². The van der Waals surface area contributed by atoms with Gasteiger partial charge in [0.05, 0.1) is 19.1 Å². The summed E-state index contributed by atoms with van der Waals surface area (Å²) >= 11 is 0. The highest BCUT2D eigenvalue weighted by Gasteiger charge is 2.42. The van der Waals surface area contributed by atoms with Gasteiger partial charge in [0.2, 0.25) is 0 Å². The maximum Gasteiger partial charge on any atom is 0.408 e. The third kappa shape index (κ3) is 10.1. The van der Waals surface area contributed by atoms with Gasteiger partial charge < -0.3 is 24.3 Å². The van der Waals surface area contributed by atoms with Crippen molar-refractivity contribution in [3.8, 4) is 5.75 Å². The van der Waals surface area contributed by atoms with Crippen molar-refractivity contribution in [2.45, 2.75) is 105 Å². The Hall–Kier alpha value is -2.28. The first-order valence-electron chi connectivity index (χ1n) is 14.2. The Balaban J connectivity index is 2.23. The van der Waals surface area contributed by atoms with Gasteiger partial charge in [0.25, 0.3) is 0 Å². The molecule has 1 saturated heterocycles. The number of hydrogen-bond donors (Lipinski definition) is 1. The van der Waals surface area contributed by atoms with Crippen LogP contribution in [0.1, 0.15) is 85.3 Å². The fourth-order valence-electron chi connectivity index (χ4n) is 5.12. The molecule has 0 saturated carbocycles. The molecule has 4 atom stereocenters. The van der Waals surface area contributed by atoms with Crippen molar-refractivity contribution in [3.05, 3.63) is 29.3 Å². The first-order valence-corrected chi connectivity index (χ1v) is 14.2. The molecule has 0 aromatic heterocycles. The number of rotatable bonds is 14. The number of esters is 1. The molecule has 0 bridgehead atoms. The van der Waals surface area contributed by atoms with Crippen LogP contribution in [0, 0.1) is 23.7 Å². The molecule has 0 radical (unpaired) electrons. The predicted molar refractivity (Wildman–Crippen MR) is 150 cm³/mol. The number of ether oxygens (including phenoxy) is 4. The summed E-state index contributed by atoms with van der Waals surface area (Å²) in [5.74, 6) is 1.41. The van der Waals surface area contributed by atoms with E-state index in [0.717, 1.165) is 38.0 Å². The summed E-state index contributed by atoms with van der Waals surface area (Å²) in [7, 11) is 3.44. The molecular formula is C31H51NO6. The third-order valence-electron chi connectivity index (χ3n) is 7.40. The van der Waals surface area contributed by atoms with Gasteiger partial charge in [0.1, 0.15) is 17.5 Å². The average molecular weight is 534 g/mol. The number of unbranched alkanes of at least 4 members (excludes halogenated alkanes) is 1. The molecule has 1 fully saturated rings. The SMILES string of the molecule is COCCCCc1cc(C[C@@H](C[C@H](NC(=O)OC(C)(C)C)[C@@H]2C[C@@H](C(C)C)C(=O)O2)C(C)C)ccc1OC. The van der Waals surface area contributed by atoms with E-state index in [-0.39, 0.29) is 35.9 Å². The lowest BCUT2D eigenvalue weighted by Crippen LogP contribution is -2.47. The minimum atomic E-state index is -0.609. The Morgan fingerprint density at radius 3 is 2.39 bits per heavy atom. The normalized spacial score (nSPS) is 19.4. The molecule has 1 heterocycles. The fraction of sp³-hybridized carbons (Fsp3) is 0.742. The van der Waals surface area contributed by atoms with Crippen LogP contribution in [0.2, 0.25) is 0 Å². The van der Waals surface area contributed by atoms with Crippen molar-refractivity contribution in [1.29, 1.82) is 0 Å². The summed E-state index contributed by atoms with van der Waals surface area (Å²) in [6, 6.07) is 6.12. The summed E-state index contributed by atoms with van der Waals surface area (Å²) < 4.78 is 22.2. The van der Waals surface area contributed by atoms with E-state index < -0.39 is 11.7 Å². The Morgan fingerprint density at radius 2 is 1.84 bits per heavy atom. The van der Waals surface area contributed by atoms with E-state index in [4.69, 9.17) is 18.9 Å². The first kappa shape index (κ1) is 31.9. The topological polar surface area (TPSA) is 83.1 Å².